The van der Waals surface area contributed by atoms with E-state index >= 15 is 0 Å². The van der Waals surface area contributed by atoms with Crippen molar-refractivity contribution in [2.45, 2.75) is 13.0 Å². The van der Waals surface area contributed by atoms with Crippen LogP contribution in [0.15, 0.2) is 48.5 Å². The average Bonchev–Trinajstić information content (AvgIpc) is 2.56. The Hall–Kier alpha value is -2.40. The van der Waals surface area contributed by atoms with Crippen LogP contribution >= 0.6 is 0 Å². The number of carbonyl (C=O) groups is 1. The molecule has 2 aromatic carbocycles. The zero-order valence-electron chi connectivity index (χ0n) is 13.3. The third-order valence-electron chi connectivity index (χ3n) is 3.60. The van der Waals surface area contributed by atoms with E-state index in [1.165, 1.54) is 11.0 Å². The van der Waals surface area contributed by atoms with Gasteiger partial charge in [-0.3, -0.25) is 4.79 Å². The number of aryl methyl sites for hydroxylation is 1. The van der Waals surface area contributed by atoms with Crippen LogP contribution in [0, 0.1) is 12.7 Å². The van der Waals surface area contributed by atoms with Gasteiger partial charge >= 0.3 is 0 Å². The molecule has 0 spiro atoms. The summed E-state index contributed by atoms with van der Waals surface area (Å²) in [6, 6.07) is 13.0. The number of ether oxygens (including phenoxy) is 1. The maximum absolute atomic E-state index is 13.4. The maximum atomic E-state index is 13.4. The zero-order chi connectivity index (χ0) is 16.8. The van der Waals surface area contributed by atoms with Gasteiger partial charge in [0.05, 0.1) is 6.54 Å². The lowest BCUT2D eigenvalue weighted by Crippen LogP contribution is -2.38. The first-order valence-electron chi connectivity index (χ1n) is 7.43. The second-order valence-electron chi connectivity index (χ2n) is 5.43. The molecule has 2 rings (SSSR count). The predicted molar refractivity (Wildman–Crippen MR) is 87.6 cm³/mol. The molecule has 2 aromatic rings. The molecule has 0 aliphatic carbocycles. The molecule has 0 bridgehead atoms. The molecule has 0 fully saturated rings. The molecule has 23 heavy (non-hydrogen) atoms. The molecule has 122 valence electrons. The summed E-state index contributed by atoms with van der Waals surface area (Å²) >= 11 is 0. The first-order valence-corrected chi connectivity index (χ1v) is 7.43. The SMILES string of the molecule is Cc1ccc(C(N)C(=O)N(C)CCOc2ccccc2F)cc1. The molecule has 0 aromatic heterocycles. The molecule has 4 nitrogen and oxygen atoms in total. The van der Waals surface area contributed by atoms with Gasteiger partial charge in [0.2, 0.25) is 5.91 Å². The fraction of sp³-hybridized carbons (Fsp3) is 0.278. The highest BCUT2D eigenvalue weighted by atomic mass is 19.1. The molecule has 0 radical (unpaired) electrons. The zero-order valence-corrected chi connectivity index (χ0v) is 13.3. The van der Waals surface area contributed by atoms with Crippen LogP contribution in [0.25, 0.3) is 0 Å². The van der Waals surface area contributed by atoms with Gasteiger partial charge in [-0.1, -0.05) is 42.0 Å². The van der Waals surface area contributed by atoms with Crippen molar-refractivity contribution in [3.63, 3.8) is 0 Å². The summed E-state index contributed by atoms with van der Waals surface area (Å²) in [5.74, 6) is -0.444. The lowest BCUT2D eigenvalue weighted by atomic mass is 10.1. The molecule has 0 saturated carbocycles. The van der Waals surface area contributed by atoms with Gasteiger partial charge in [-0.05, 0) is 24.6 Å². The summed E-state index contributed by atoms with van der Waals surface area (Å²) in [6.07, 6.45) is 0. The summed E-state index contributed by atoms with van der Waals surface area (Å²) in [6.45, 7) is 2.50. The Balaban J connectivity index is 1.87. The highest BCUT2D eigenvalue weighted by molar-refractivity contribution is 5.82. The monoisotopic (exact) mass is 316 g/mol. The number of para-hydroxylation sites is 1. The fourth-order valence-corrected chi connectivity index (χ4v) is 2.12. The van der Waals surface area contributed by atoms with Crippen molar-refractivity contribution in [1.82, 2.24) is 4.90 Å². The second-order valence-corrected chi connectivity index (χ2v) is 5.43. The highest BCUT2D eigenvalue weighted by Crippen LogP contribution is 2.16. The van der Waals surface area contributed by atoms with Crippen molar-refractivity contribution >= 4 is 5.91 Å². The number of hydrogen-bond donors (Lipinski definition) is 1. The van der Waals surface area contributed by atoms with Crippen LogP contribution in [0.3, 0.4) is 0 Å². The molecule has 0 aliphatic heterocycles. The van der Waals surface area contributed by atoms with Crippen LogP contribution in [-0.4, -0.2) is 31.0 Å². The van der Waals surface area contributed by atoms with Crippen LogP contribution < -0.4 is 10.5 Å². The van der Waals surface area contributed by atoms with E-state index < -0.39 is 11.9 Å². The molecule has 1 unspecified atom stereocenters. The minimum atomic E-state index is -0.714. The first-order chi connectivity index (χ1) is 11.0. The minimum Gasteiger partial charge on any atom is -0.489 e. The number of likely N-dealkylation sites (N-methyl/N-ethyl adjacent to an activating group) is 1. The number of rotatable bonds is 6. The Morgan fingerprint density at radius 1 is 1.22 bits per heavy atom. The van der Waals surface area contributed by atoms with Crippen molar-refractivity contribution in [3.05, 3.63) is 65.5 Å². The molecule has 0 aliphatic rings. The molecular weight excluding hydrogens is 295 g/mol. The Kier molecular flexibility index (Phi) is 5.71. The van der Waals surface area contributed by atoms with Gasteiger partial charge in [0.1, 0.15) is 12.6 Å². The number of nitrogens with zero attached hydrogens (tertiary/aromatic N) is 1. The van der Waals surface area contributed by atoms with Crippen molar-refractivity contribution in [2.24, 2.45) is 5.73 Å². The van der Waals surface area contributed by atoms with Gasteiger partial charge in [0.15, 0.2) is 11.6 Å². The fourth-order valence-electron chi connectivity index (χ4n) is 2.12. The van der Waals surface area contributed by atoms with E-state index in [9.17, 15) is 9.18 Å². The third-order valence-corrected chi connectivity index (χ3v) is 3.60. The summed E-state index contributed by atoms with van der Waals surface area (Å²) in [4.78, 5) is 13.8. The third kappa shape index (κ3) is 4.53. The second kappa shape index (κ2) is 7.74. The maximum Gasteiger partial charge on any atom is 0.243 e. The first kappa shape index (κ1) is 17.0. The van der Waals surface area contributed by atoms with Crippen molar-refractivity contribution < 1.29 is 13.9 Å². The van der Waals surface area contributed by atoms with E-state index in [1.807, 2.05) is 31.2 Å². The van der Waals surface area contributed by atoms with Gasteiger partial charge < -0.3 is 15.4 Å². The predicted octanol–water partition coefficient (Wildman–Crippen LogP) is 2.67. The quantitative estimate of drug-likeness (QED) is 0.891. The largest absolute Gasteiger partial charge is 0.489 e. The number of hydrogen-bond acceptors (Lipinski definition) is 3. The topological polar surface area (TPSA) is 55.6 Å². The molecule has 2 N–H and O–H groups in total. The number of nitrogens with two attached hydrogens (primary N) is 1. The summed E-state index contributed by atoms with van der Waals surface area (Å²) < 4.78 is 18.8. The number of amides is 1. The normalized spacial score (nSPS) is 11.8. The van der Waals surface area contributed by atoms with Crippen molar-refractivity contribution in [1.29, 1.82) is 0 Å². The van der Waals surface area contributed by atoms with E-state index in [0.717, 1.165) is 11.1 Å². The van der Waals surface area contributed by atoms with Crippen LogP contribution in [-0.2, 0) is 4.79 Å². The van der Waals surface area contributed by atoms with E-state index in [-0.39, 0.29) is 18.3 Å². The number of carbonyl (C=O) groups excluding carboxylic acids is 1. The number of halogens is 1. The van der Waals surface area contributed by atoms with E-state index in [2.05, 4.69) is 0 Å². The Bertz CT molecular complexity index is 658. The molecule has 5 heteroatoms. The Labute approximate surface area is 135 Å². The lowest BCUT2D eigenvalue weighted by molar-refractivity contribution is -0.131. The van der Waals surface area contributed by atoms with Gasteiger partial charge in [-0.25, -0.2) is 4.39 Å². The van der Waals surface area contributed by atoms with Gasteiger partial charge in [-0.2, -0.15) is 0 Å². The van der Waals surface area contributed by atoms with E-state index in [0.29, 0.717) is 6.54 Å². The summed E-state index contributed by atoms with van der Waals surface area (Å²) in [7, 11) is 1.65. The number of benzene rings is 2. The average molecular weight is 316 g/mol. The summed E-state index contributed by atoms with van der Waals surface area (Å²) in [5.41, 5.74) is 7.88. The van der Waals surface area contributed by atoms with Crippen LogP contribution in [0.5, 0.6) is 5.75 Å². The van der Waals surface area contributed by atoms with Crippen LogP contribution in [0.2, 0.25) is 0 Å². The molecule has 1 amide bonds. The molecular formula is C18H21FN2O2. The van der Waals surface area contributed by atoms with E-state index in [1.54, 1.807) is 25.2 Å². The lowest BCUT2D eigenvalue weighted by Gasteiger charge is -2.21. The molecule has 1 atom stereocenters. The van der Waals surface area contributed by atoms with Crippen LogP contribution in [0.4, 0.5) is 4.39 Å². The van der Waals surface area contributed by atoms with Gasteiger partial charge in [0.25, 0.3) is 0 Å². The minimum absolute atomic E-state index is 0.177. The Morgan fingerprint density at radius 2 is 1.87 bits per heavy atom. The highest BCUT2D eigenvalue weighted by Gasteiger charge is 2.19. The van der Waals surface area contributed by atoms with Crippen molar-refractivity contribution in [2.75, 3.05) is 20.2 Å². The van der Waals surface area contributed by atoms with Crippen molar-refractivity contribution in [3.8, 4) is 5.75 Å². The Morgan fingerprint density at radius 3 is 2.52 bits per heavy atom. The summed E-state index contributed by atoms with van der Waals surface area (Å²) in [5, 5.41) is 0. The molecule has 0 saturated heterocycles. The molecule has 0 heterocycles. The van der Waals surface area contributed by atoms with Gasteiger partial charge in [0, 0.05) is 7.05 Å². The van der Waals surface area contributed by atoms with Gasteiger partial charge in [-0.15, -0.1) is 0 Å². The smallest absolute Gasteiger partial charge is 0.243 e. The van der Waals surface area contributed by atoms with Crippen LogP contribution in [0.1, 0.15) is 17.2 Å². The van der Waals surface area contributed by atoms with E-state index in [4.69, 9.17) is 10.5 Å². The standard InChI is InChI=1S/C18H21FN2O2/c1-13-7-9-14(10-8-13)17(20)18(22)21(2)11-12-23-16-6-4-3-5-15(16)19/h3-10,17H,11-12,20H2,1-2H3.